The molecule has 4 nitrogen and oxygen atoms in total. The molecule has 0 aliphatic rings. The largest absolute Gasteiger partial charge is 0.342 e. The van der Waals surface area contributed by atoms with Gasteiger partial charge in [-0.1, -0.05) is 13.8 Å². The number of rotatable bonds is 5. The topological polar surface area (TPSA) is 70.1 Å². The van der Waals surface area contributed by atoms with Gasteiger partial charge in [-0.2, -0.15) is 5.26 Å². The highest BCUT2D eigenvalue weighted by molar-refractivity contribution is 5.94. The molecule has 5 heteroatoms. The van der Waals surface area contributed by atoms with E-state index in [1.54, 1.807) is 36.2 Å². The number of carbonyl (C=O) groups is 1. The predicted molar refractivity (Wildman–Crippen MR) is 82.8 cm³/mol. The van der Waals surface area contributed by atoms with Crippen molar-refractivity contribution in [1.29, 1.82) is 5.26 Å². The molecule has 0 bridgehead atoms. The Hall–Kier alpha value is -1.57. The molecule has 0 aliphatic heterocycles. The molecular weight excluding hydrogens is 274 g/mol. The first-order valence-electron chi connectivity index (χ1n) is 6.47. The number of hydrogen-bond acceptors (Lipinski definition) is 3. The Kier molecular flexibility index (Phi) is 7.90. The summed E-state index contributed by atoms with van der Waals surface area (Å²) in [6.45, 7) is 4.79. The summed E-state index contributed by atoms with van der Waals surface area (Å²) in [5.41, 5.74) is 7.12. The van der Waals surface area contributed by atoms with Gasteiger partial charge < -0.3 is 10.6 Å². The van der Waals surface area contributed by atoms with Gasteiger partial charge in [-0.15, -0.1) is 12.4 Å². The highest BCUT2D eigenvalue weighted by Crippen LogP contribution is 2.08. The number of hydrogen-bond donors (Lipinski definition) is 1. The van der Waals surface area contributed by atoms with Gasteiger partial charge >= 0.3 is 0 Å². The number of amides is 1. The van der Waals surface area contributed by atoms with Crippen LogP contribution in [-0.2, 0) is 0 Å². The summed E-state index contributed by atoms with van der Waals surface area (Å²) in [4.78, 5) is 13.8. The Balaban J connectivity index is 0.00000361. The Bertz CT molecular complexity index is 465. The fraction of sp³-hybridized carbons (Fsp3) is 0.467. The number of nitrogens with two attached hydrogens (primary N) is 1. The first-order chi connectivity index (χ1) is 8.95. The summed E-state index contributed by atoms with van der Waals surface area (Å²) in [5.74, 6) is 0.374. The van der Waals surface area contributed by atoms with Crippen LogP contribution in [0.1, 0.15) is 36.2 Å². The molecule has 0 fully saturated rings. The zero-order valence-electron chi connectivity index (χ0n) is 12.2. The number of nitriles is 1. The van der Waals surface area contributed by atoms with Crippen molar-refractivity contribution in [2.75, 3.05) is 13.6 Å². The average Bonchev–Trinajstić information content (AvgIpc) is 2.43. The Morgan fingerprint density at radius 2 is 1.90 bits per heavy atom. The molecular formula is C15H22ClN3O. The molecule has 0 spiro atoms. The Morgan fingerprint density at radius 1 is 1.35 bits per heavy atom. The molecule has 1 atom stereocenters. The molecule has 0 aromatic heterocycles. The molecule has 0 aliphatic carbocycles. The van der Waals surface area contributed by atoms with Crippen molar-refractivity contribution in [3.63, 3.8) is 0 Å². The van der Waals surface area contributed by atoms with Crippen LogP contribution >= 0.6 is 12.4 Å². The third-order valence-electron chi connectivity index (χ3n) is 3.26. The van der Waals surface area contributed by atoms with Crippen molar-refractivity contribution in [3.05, 3.63) is 35.4 Å². The molecule has 1 amide bonds. The van der Waals surface area contributed by atoms with Crippen LogP contribution in [0.4, 0.5) is 0 Å². The summed E-state index contributed by atoms with van der Waals surface area (Å²) < 4.78 is 0. The zero-order chi connectivity index (χ0) is 14.4. The maximum absolute atomic E-state index is 12.1. The summed E-state index contributed by atoms with van der Waals surface area (Å²) >= 11 is 0. The van der Waals surface area contributed by atoms with E-state index in [2.05, 4.69) is 13.8 Å². The van der Waals surface area contributed by atoms with E-state index in [0.29, 0.717) is 23.6 Å². The van der Waals surface area contributed by atoms with Crippen LogP contribution in [0.25, 0.3) is 0 Å². The van der Waals surface area contributed by atoms with Crippen molar-refractivity contribution in [2.24, 2.45) is 11.7 Å². The molecule has 0 radical (unpaired) electrons. The molecule has 0 saturated carbocycles. The lowest BCUT2D eigenvalue weighted by Crippen LogP contribution is -2.34. The minimum absolute atomic E-state index is 0. The van der Waals surface area contributed by atoms with Gasteiger partial charge in [0, 0.05) is 25.2 Å². The lowest BCUT2D eigenvalue weighted by Gasteiger charge is -2.21. The van der Waals surface area contributed by atoms with Crippen molar-refractivity contribution in [2.45, 2.75) is 26.3 Å². The van der Waals surface area contributed by atoms with E-state index >= 15 is 0 Å². The predicted octanol–water partition coefficient (Wildman–Crippen LogP) is 2.43. The van der Waals surface area contributed by atoms with Gasteiger partial charge in [0.25, 0.3) is 5.91 Å². The SMILES string of the molecule is CC(C)C(N)CCN(C)C(=O)c1ccc(C#N)cc1.Cl. The van der Waals surface area contributed by atoms with Crippen molar-refractivity contribution in [1.82, 2.24) is 4.90 Å². The molecule has 0 heterocycles. The molecule has 1 aromatic carbocycles. The second-order valence-electron chi connectivity index (χ2n) is 5.11. The third-order valence-corrected chi connectivity index (χ3v) is 3.26. The molecule has 2 N–H and O–H groups in total. The van der Waals surface area contributed by atoms with Gasteiger partial charge in [-0.3, -0.25) is 4.79 Å². The minimum atomic E-state index is -0.0413. The second-order valence-corrected chi connectivity index (χ2v) is 5.11. The quantitative estimate of drug-likeness (QED) is 0.907. The average molecular weight is 296 g/mol. The Morgan fingerprint density at radius 3 is 2.35 bits per heavy atom. The van der Waals surface area contributed by atoms with Crippen LogP contribution in [0.15, 0.2) is 24.3 Å². The third kappa shape index (κ3) is 5.20. The van der Waals surface area contributed by atoms with Gasteiger partial charge in [0.05, 0.1) is 11.6 Å². The molecule has 20 heavy (non-hydrogen) atoms. The fourth-order valence-electron chi connectivity index (χ4n) is 1.69. The number of benzene rings is 1. The molecule has 1 rings (SSSR count). The van der Waals surface area contributed by atoms with Crippen LogP contribution in [0.5, 0.6) is 0 Å². The monoisotopic (exact) mass is 295 g/mol. The maximum Gasteiger partial charge on any atom is 0.253 e. The van der Waals surface area contributed by atoms with Crippen LogP contribution in [0, 0.1) is 17.2 Å². The van der Waals surface area contributed by atoms with Crippen molar-refractivity contribution in [3.8, 4) is 6.07 Å². The normalized spacial score (nSPS) is 11.4. The van der Waals surface area contributed by atoms with E-state index in [0.717, 1.165) is 6.42 Å². The zero-order valence-corrected chi connectivity index (χ0v) is 13.0. The van der Waals surface area contributed by atoms with Crippen LogP contribution in [0.2, 0.25) is 0 Å². The minimum Gasteiger partial charge on any atom is -0.342 e. The van der Waals surface area contributed by atoms with E-state index in [1.165, 1.54) is 0 Å². The molecule has 110 valence electrons. The molecule has 1 aromatic rings. The highest BCUT2D eigenvalue weighted by Gasteiger charge is 2.14. The number of carbonyl (C=O) groups excluding carboxylic acids is 1. The molecule has 0 saturated heterocycles. The van der Waals surface area contributed by atoms with E-state index in [1.807, 2.05) is 6.07 Å². The van der Waals surface area contributed by atoms with Crippen LogP contribution in [0.3, 0.4) is 0 Å². The summed E-state index contributed by atoms with van der Waals surface area (Å²) in [7, 11) is 1.77. The summed E-state index contributed by atoms with van der Waals surface area (Å²) in [6.07, 6.45) is 0.788. The molecule has 1 unspecified atom stereocenters. The van der Waals surface area contributed by atoms with E-state index in [-0.39, 0.29) is 24.4 Å². The van der Waals surface area contributed by atoms with Crippen molar-refractivity contribution >= 4 is 18.3 Å². The maximum atomic E-state index is 12.1. The Labute approximate surface area is 127 Å². The van der Waals surface area contributed by atoms with Gasteiger partial charge in [-0.05, 0) is 36.6 Å². The second kappa shape index (κ2) is 8.57. The lowest BCUT2D eigenvalue weighted by atomic mass is 10.0. The number of halogens is 1. The van der Waals surface area contributed by atoms with E-state index < -0.39 is 0 Å². The fourth-order valence-corrected chi connectivity index (χ4v) is 1.69. The van der Waals surface area contributed by atoms with Gasteiger partial charge in [0.1, 0.15) is 0 Å². The summed E-state index contributed by atoms with van der Waals surface area (Å²) in [5, 5.41) is 8.71. The van der Waals surface area contributed by atoms with Gasteiger partial charge in [-0.25, -0.2) is 0 Å². The standard InChI is InChI=1S/C15H21N3O.ClH/c1-11(2)14(17)8-9-18(3)15(19)13-6-4-12(10-16)5-7-13;/h4-7,11,14H,8-9,17H2,1-3H3;1H. The van der Waals surface area contributed by atoms with Crippen LogP contribution < -0.4 is 5.73 Å². The lowest BCUT2D eigenvalue weighted by molar-refractivity contribution is 0.0789. The van der Waals surface area contributed by atoms with Crippen LogP contribution in [-0.4, -0.2) is 30.4 Å². The van der Waals surface area contributed by atoms with Crippen molar-refractivity contribution < 1.29 is 4.79 Å². The smallest absolute Gasteiger partial charge is 0.253 e. The highest BCUT2D eigenvalue weighted by atomic mass is 35.5. The van der Waals surface area contributed by atoms with Gasteiger partial charge in [0.15, 0.2) is 0 Å². The van der Waals surface area contributed by atoms with E-state index in [9.17, 15) is 4.79 Å². The first-order valence-corrected chi connectivity index (χ1v) is 6.47. The van der Waals surface area contributed by atoms with Gasteiger partial charge in [0.2, 0.25) is 0 Å². The summed E-state index contributed by atoms with van der Waals surface area (Å²) in [6, 6.07) is 8.81. The first kappa shape index (κ1) is 18.4. The number of nitrogens with zero attached hydrogens (tertiary/aromatic N) is 2. The van der Waals surface area contributed by atoms with E-state index in [4.69, 9.17) is 11.0 Å².